The Kier molecular flexibility index (Phi) is 7.15. The van der Waals surface area contributed by atoms with Gasteiger partial charge in [0, 0.05) is 24.7 Å². The van der Waals surface area contributed by atoms with Crippen molar-refractivity contribution in [2.24, 2.45) is 0 Å². The highest BCUT2D eigenvalue weighted by molar-refractivity contribution is 8.18. The molecule has 1 aromatic rings. The van der Waals surface area contributed by atoms with E-state index in [-0.39, 0.29) is 11.3 Å². The van der Waals surface area contributed by atoms with Crippen LogP contribution >= 0.6 is 11.8 Å². The molecule has 9 heteroatoms. The monoisotopic (exact) mass is 447 g/mol. The molecule has 1 aromatic carbocycles. The number of imide groups is 1. The van der Waals surface area contributed by atoms with E-state index in [4.69, 9.17) is 9.47 Å². The number of thioether (sulfide) groups is 1. The second kappa shape index (κ2) is 9.64. The minimum atomic E-state index is -0.559. The third-order valence-corrected chi connectivity index (χ3v) is 5.53. The molecule has 2 aliphatic rings. The van der Waals surface area contributed by atoms with Crippen LogP contribution in [0.3, 0.4) is 0 Å². The molecule has 2 saturated heterocycles. The molecule has 0 aromatic heterocycles. The summed E-state index contributed by atoms with van der Waals surface area (Å²) < 4.78 is 11.3. The number of ether oxygens (including phenoxy) is 2. The number of amides is 3. The molecule has 0 bridgehead atoms. The van der Waals surface area contributed by atoms with Crippen molar-refractivity contribution >= 4 is 40.8 Å². The highest BCUT2D eigenvalue weighted by atomic mass is 32.2. The van der Waals surface area contributed by atoms with Crippen molar-refractivity contribution in [2.45, 2.75) is 52.2 Å². The lowest BCUT2D eigenvalue weighted by Gasteiger charge is -2.36. The number of carbonyl (C=O) groups is 3. The maximum Gasteiger partial charge on any atom is 0.407 e. The van der Waals surface area contributed by atoms with E-state index in [2.05, 4.69) is 15.5 Å². The van der Waals surface area contributed by atoms with Crippen LogP contribution in [0.25, 0.3) is 6.08 Å². The maximum atomic E-state index is 12.2. The molecule has 1 unspecified atom stereocenters. The van der Waals surface area contributed by atoms with E-state index in [1.54, 1.807) is 6.08 Å². The number of anilines is 1. The van der Waals surface area contributed by atoms with Crippen molar-refractivity contribution < 1.29 is 23.9 Å². The van der Waals surface area contributed by atoms with E-state index in [1.165, 1.54) is 0 Å². The van der Waals surface area contributed by atoms with E-state index in [1.807, 2.05) is 45.9 Å². The molecule has 31 heavy (non-hydrogen) atoms. The van der Waals surface area contributed by atoms with Gasteiger partial charge in [0.25, 0.3) is 11.1 Å². The molecule has 2 heterocycles. The Balaban J connectivity index is 1.86. The predicted octanol–water partition coefficient (Wildman–Crippen LogP) is 3.90. The molecule has 168 valence electrons. The van der Waals surface area contributed by atoms with Gasteiger partial charge >= 0.3 is 6.09 Å². The molecule has 3 rings (SSSR count). The fraction of sp³-hybridized carbons (Fsp3) is 0.500. The second-order valence-corrected chi connectivity index (χ2v) is 9.43. The summed E-state index contributed by atoms with van der Waals surface area (Å²) in [5, 5.41) is 4.87. The van der Waals surface area contributed by atoms with Crippen molar-refractivity contribution in [1.29, 1.82) is 0 Å². The van der Waals surface area contributed by atoms with Crippen LogP contribution in [-0.4, -0.2) is 48.6 Å². The van der Waals surface area contributed by atoms with E-state index in [0.717, 1.165) is 42.4 Å². The van der Waals surface area contributed by atoms with E-state index < -0.39 is 17.6 Å². The van der Waals surface area contributed by atoms with Crippen LogP contribution in [0.1, 0.15) is 46.1 Å². The number of para-hydroxylation sites is 1. The summed E-state index contributed by atoms with van der Waals surface area (Å²) >= 11 is 0.886. The Hall–Kier alpha value is -2.68. The standard InChI is InChI=1S/C22H29N3O5S/c1-5-29-16-10-6-8-14(12-17-19(26)24-21(28)31-17)18(16)25-11-7-9-15(13-25)23-20(27)30-22(2,3)4/h6,8,10,12,15H,5,7,9,11,13H2,1-4H3,(H,23,27)(H,24,26,28)/b17-12+. The SMILES string of the molecule is CCOc1cccc(/C=C2/SC(=O)NC2=O)c1N1CCCC(NC(=O)OC(C)(C)C)C1. The van der Waals surface area contributed by atoms with Crippen molar-refractivity contribution in [3.8, 4) is 5.75 Å². The first-order valence-electron chi connectivity index (χ1n) is 10.4. The summed E-state index contributed by atoms with van der Waals surface area (Å²) in [7, 11) is 0. The molecule has 2 N–H and O–H groups in total. The summed E-state index contributed by atoms with van der Waals surface area (Å²) in [5.41, 5.74) is 1.08. The average Bonchev–Trinajstić information content (AvgIpc) is 2.97. The molecule has 3 amide bonds. The third-order valence-electron chi connectivity index (χ3n) is 4.72. The zero-order valence-corrected chi connectivity index (χ0v) is 19.1. The Morgan fingerprint density at radius 3 is 2.77 bits per heavy atom. The zero-order chi connectivity index (χ0) is 22.6. The van der Waals surface area contributed by atoms with Gasteiger partial charge in [0.15, 0.2) is 0 Å². The van der Waals surface area contributed by atoms with Gasteiger partial charge in [0.2, 0.25) is 0 Å². The smallest absolute Gasteiger partial charge is 0.407 e. The summed E-state index contributed by atoms with van der Waals surface area (Å²) in [6.07, 6.45) is 3.01. The van der Waals surface area contributed by atoms with Gasteiger partial charge in [0.1, 0.15) is 11.4 Å². The first-order chi connectivity index (χ1) is 14.7. The van der Waals surface area contributed by atoms with Crippen LogP contribution in [-0.2, 0) is 9.53 Å². The topological polar surface area (TPSA) is 97.0 Å². The molecule has 2 fully saturated rings. The van der Waals surface area contributed by atoms with Gasteiger partial charge in [-0.2, -0.15) is 0 Å². The average molecular weight is 448 g/mol. The lowest BCUT2D eigenvalue weighted by Crippen LogP contribution is -2.49. The lowest BCUT2D eigenvalue weighted by molar-refractivity contribution is -0.115. The minimum absolute atomic E-state index is 0.0792. The molecule has 8 nitrogen and oxygen atoms in total. The molecule has 0 aliphatic carbocycles. The Bertz CT molecular complexity index is 894. The molecule has 0 saturated carbocycles. The highest BCUT2D eigenvalue weighted by Gasteiger charge is 2.29. The number of hydrogen-bond acceptors (Lipinski definition) is 7. The van der Waals surface area contributed by atoms with Crippen molar-refractivity contribution in [1.82, 2.24) is 10.6 Å². The van der Waals surface area contributed by atoms with E-state index in [9.17, 15) is 14.4 Å². The number of rotatable bonds is 5. The van der Waals surface area contributed by atoms with Crippen LogP contribution in [0, 0.1) is 0 Å². The van der Waals surface area contributed by atoms with E-state index >= 15 is 0 Å². The Morgan fingerprint density at radius 2 is 2.13 bits per heavy atom. The fourth-order valence-electron chi connectivity index (χ4n) is 3.60. The second-order valence-electron chi connectivity index (χ2n) is 8.41. The van der Waals surface area contributed by atoms with Crippen molar-refractivity contribution in [2.75, 3.05) is 24.6 Å². The number of hydrogen-bond donors (Lipinski definition) is 2. The number of piperidine rings is 1. The van der Waals surface area contributed by atoms with Gasteiger partial charge in [-0.1, -0.05) is 12.1 Å². The van der Waals surface area contributed by atoms with Gasteiger partial charge in [0.05, 0.1) is 17.2 Å². The van der Waals surface area contributed by atoms with Gasteiger partial charge in [-0.05, 0) is 64.4 Å². The Morgan fingerprint density at radius 1 is 1.35 bits per heavy atom. The fourth-order valence-corrected chi connectivity index (χ4v) is 4.27. The predicted molar refractivity (Wildman–Crippen MR) is 121 cm³/mol. The van der Waals surface area contributed by atoms with Crippen molar-refractivity contribution in [3.63, 3.8) is 0 Å². The summed E-state index contributed by atoms with van der Waals surface area (Å²) in [5.74, 6) is 0.301. The number of benzene rings is 1. The zero-order valence-electron chi connectivity index (χ0n) is 18.3. The number of carbonyl (C=O) groups excluding carboxylic acids is 3. The van der Waals surface area contributed by atoms with Crippen LogP contribution < -0.4 is 20.3 Å². The summed E-state index contributed by atoms with van der Waals surface area (Å²) in [6.45, 7) is 9.27. The summed E-state index contributed by atoms with van der Waals surface area (Å²) in [4.78, 5) is 38.3. The molecule has 1 atom stereocenters. The maximum absolute atomic E-state index is 12.2. The largest absolute Gasteiger partial charge is 0.492 e. The Labute approximate surface area is 186 Å². The van der Waals surface area contributed by atoms with Gasteiger partial charge in [-0.15, -0.1) is 0 Å². The highest BCUT2D eigenvalue weighted by Crippen LogP contribution is 2.37. The minimum Gasteiger partial charge on any atom is -0.492 e. The molecular formula is C22H29N3O5S. The number of alkyl carbamates (subject to hydrolysis) is 1. The van der Waals surface area contributed by atoms with Crippen molar-refractivity contribution in [3.05, 3.63) is 28.7 Å². The summed E-state index contributed by atoms with van der Waals surface area (Å²) in [6, 6.07) is 5.57. The first kappa shape index (κ1) is 23.0. The van der Waals surface area contributed by atoms with Gasteiger partial charge < -0.3 is 19.7 Å². The number of nitrogens with one attached hydrogen (secondary N) is 2. The van der Waals surface area contributed by atoms with E-state index in [0.29, 0.717) is 23.8 Å². The van der Waals surface area contributed by atoms with Crippen LogP contribution in [0.15, 0.2) is 23.1 Å². The first-order valence-corrected chi connectivity index (χ1v) is 11.2. The number of nitrogens with zero attached hydrogens (tertiary/aromatic N) is 1. The molecular weight excluding hydrogens is 418 g/mol. The molecule has 0 radical (unpaired) electrons. The third kappa shape index (κ3) is 6.16. The van der Waals surface area contributed by atoms with Crippen LogP contribution in [0.2, 0.25) is 0 Å². The van der Waals surface area contributed by atoms with Crippen LogP contribution in [0.4, 0.5) is 15.3 Å². The normalized spacial score (nSPS) is 20.6. The van der Waals surface area contributed by atoms with Gasteiger partial charge in [-0.25, -0.2) is 4.79 Å². The lowest BCUT2D eigenvalue weighted by atomic mass is 10.0. The quantitative estimate of drug-likeness (QED) is 0.661. The van der Waals surface area contributed by atoms with Crippen LogP contribution in [0.5, 0.6) is 5.75 Å². The molecule has 2 aliphatic heterocycles. The molecule has 0 spiro atoms. The van der Waals surface area contributed by atoms with Gasteiger partial charge in [-0.3, -0.25) is 14.9 Å².